The maximum absolute atomic E-state index is 11.3. The Hall–Kier alpha value is -2.09. The number of hydrogen-bond donors (Lipinski definition) is 1. The summed E-state index contributed by atoms with van der Waals surface area (Å²) in [5, 5.41) is 3.01. The van der Waals surface area contributed by atoms with Gasteiger partial charge in [-0.25, -0.2) is 0 Å². The molecule has 0 aromatic heterocycles. The molecule has 0 spiro atoms. The number of amides is 1. The van der Waals surface area contributed by atoms with Crippen LogP contribution in [0.3, 0.4) is 0 Å². The van der Waals surface area contributed by atoms with Gasteiger partial charge in [0.1, 0.15) is 0 Å². The maximum atomic E-state index is 11.3. The minimum absolute atomic E-state index is 0.000200. The summed E-state index contributed by atoms with van der Waals surface area (Å²) in [6, 6.07) is 20.3. The Morgan fingerprint density at radius 1 is 1.00 bits per heavy atom. The Morgan fingerprint density at radius 3 is 2.11 bits per heavy atom. The van der Waals surface area contributed by atoms with E-state index in [4.69, 9.17) is 0 Å². The fourth-order valence-corrected chi connectivity index (χ4v) is 2.03. The lowest BCUT2D eigenvalue weighted by Gasteiger charge is -2.18. The van der Waals surface area contributed by atoms with Gasteiger partial charge in [-0.05, 0) is 17.5 Å². The summed E-state index contributed by atoms with van der Waals surface area (Å²) in [5.74, 6) is -0.000200. The number of carbonyl (C=O) groups is 1. The van der Waals surface area contributed by atoms with Crippen molar-refractivity contribution in [1.29, 1.82) is 0 Å². The second kappa shape index (κ2) is 6.01. The van der Waals surface area contributed by atoms with Crippen molar-refractivity contribution in [3.63, 3.8) is 0 Å². The van der Waals surface area contributed by atoms with Crippen LogP contribution >= 0.6 is 0 Å². The summed E-state index contributed by atoms with van der Waals surface area (Å²) < 4.78 is 0. The van der Waals surface area contributed by atoms with E-state index < -0.39 is 0 Å². The fourth-order valence-electron chi connectivity index (χ4n) is 2.03. The molecule has 0 aliphatic carbocycles. The molecule has 0 fully saturated rings. The highest BCUT2D eigenvalue weighted by atomic mass is 16.1. The molecule has 18 heavy (non-hydrogen) atoms. The van der Waals surface area contributed by atoms with Gasteiger partial charge in [-0.3, -0.25) is 4.79 Å². The van der Waals surface area contributed by atoms with E-state index in [9.17, 15) is 4.79 Å². The smallest absolute Gasteiger partial charge is 0.217 e. The molecule has 0 bridgehead atoms. The molecular weight excluding hydrogens is 222 g/mol. The molecule has 0 aliphatic rings. The molecule has 0 heterocycles. The molecule has 1 N–H and O–H groups in total. The highest BCUT2D eigenvalue weighted by molar-refractivity contribution is 5.73. The second-order valence-electron chi connectivity index (χ2n) is 4.35. The van der Waals surface area contributed by atoms with Crippen LogP contribution in [0.2, 0.25) is 0 Å². The predicted octanol–water partition coefficient (Wildman–Crippen LogP) is 3.11. The third kappa shape index (κ3) is 3.45. The van der Waals surface area contributed by atoms with Crippen LogP contribution in [0, 0.1) is 0 Å². The number of benzene rings is 2. The van der Waals surface area contributed by atoms with Crippen LogP contribution in [0.4, 0.5) is 0 Å². The average Bonchev–Trinajstić information content (AvgIpc) is 2.40. The zero-order chi connectivity index (χ0) is 12.8. The third-order valence-electron chi connectivity index (χ3n) is 2.86. The van der Waals surface area contributed by atoms with Crippen molar-refractivity contribution in [3.8, 4) is 0 Å². The Morgan fingerprint density at radius 2 is 1.56 bits per heavy atom. The molecule has 1 amide bonds. The van der Waals surface area contributed by atoms with E-state index in [0.717, 1.165) is 12.0 Å². The monoisotopic (exact) mass is 239 g/mol. The van der Waals surface area contributed by atoms with Crippen LogP contribution in [0.5, 0.6) is 0 Å². The molecule has 2 nitrogen and oxygen atoms in total. The van der Waals surface area contributed by atoms with Gasteiger partial charge in [0.25, 0.3) is 0 Å². The van der Waals surface area contributed by atoms with Gasteiger partial charge in [-0.2, -0.15) is 0 Å². The van der Waals surface area contributed by atoms with Crippen molar-refractivity contribution in [3.05, 3.63) is 71.8 Å². The van der Waals surface area contributed by atoms with Crippen LogP contribution in [0.15, 0.2) is 60.7 Å². The average molecular weight is 239 g/mol. The standard InChI is InChI=1S/C16H17NO/c1-13(18)17-16(15-10-6-3-7-11-15)12-14-8-4-2-5-9-14/h2-11,16H,12H2,1H3,(H,17,18)/t16-/m1/s1. The Kier molecular flexibility index (Phi) is 4.13. The predicted molar refractivity (Wildman–Crippen MR) is 73.1 cm³/mol. The molecule has 0 aliphatic heterocycles. The Bertz CT molecular complexity index is 493. The molecule has 0 saturated carbocycles. The molecule has 2 aromatic carbocycles. The number of hydrogen-bond acceptors (Lipinski definition) is 1. The van der Waals surface area contributed by atoms with E-state index >= 15 is 0 Å². The molecular formula is C16H17NO. The normalized spacial score (nSPS) is 11.8. The third-order valence-corrected chi connectivity index (χ3v) is 2.86. The van der Waals surface area contributed by atoms with Crippen molar-refractivity contribution in [2.45, 2.75) is 19.4 Å². The fraction of sp³-hybridized carbons (Fsp3) is 0.188. The van der Waals surface area contributed by atoms with E-state index in [-0.39, 0.29) is 11.9 Å². The minimum Gasteiger partial charge on any atom is -0.349 e. The van der Waals surface area contributed by atoms with Crippen molar-refractivity contribution >= 4 is 5.91 Å². The first-order valence-corrected chi connectivity index (χ1v) is 6.11. The van der Waals surface area contributed by atoms with Crippen LogP contribution in [0.25, 0.3) is 0 Å². The summed E-state index contributed by atoms with van der Waals surface area (Å²) >= 11 is 0. The van der Waals surface area contributed by atoms with Gasteiger partial charge in [0.2, 0.25) is 5.91 Å². The molecule has 1 atom stereocenters. The van der Waals surface area contributed by atoms with E-state index in [2.05, 4.69) is 17.4 Å². The quantitative estimate of drug-likeness (QED) is 0.872. The zero-order valence-electron chi connectivity index (χ0n) is 10.5. The van der Waals surface area contributed by atoms with Crippen LogP contribution in [0.1, 0.15) is 24.1 Å². The Balaban J connectivity index is 2.18. The summed E-state index contributed by atoms with van der Waals surface area (Å²) in [7, 11) is 0. The van der Waals surface area contributed by atoms with E-state index in [0.29, 0.717) is 0 Å². The summed E-state index contributed by atoms with van der Waals surface area (Å²) in [6.07, 6.45) is 0.810. The van der Waals surface area contributed by atoms with Gasteiger partial charge >= 0.3 is 0 Å². The first kappa shape index (κ1) is 12.4. The molecule has 2 aromatic rings. The first-order chi connectivity index (χ1) is 8.75. The van der Waals surface area contributed by atoms with E-state index in [1.54, 1.807) is 6.92 Å². The van der Waals surface area contributed by atoms with Gasteiger partial charge in [0.05, 0.1) is 6.04 Å². The van der Waals surface area contributed by atoms with Gasteiger partial charge in [0, 0.05) is 6.92 Å². The van der Waals surface area contributed by atoms with Crippen molar-refractivity contribution in [2.75, 3.05) is 0 Å². The topological polar surface area (TPSA) is 29.1 Å². The highest BCUT2D eigenvalue weighted by Crippen LogP contribution is 2.18. The Labute approximate surface area is 108 Å². The minimum atomic E-state index is -0.000200. The van der Waals surface area contributed by atoms with Crippen molar-refractivity contribution < 1.29 is 4.79 Å². The van der Waals surface area contributed by atoms with Gasteiger partial charge in [0.15, 0.2) is 0 Å². The second-order valence-corrected chi connectivity index (χ2v) is 4.35. The molecule has 2 heteroatoms. The molecule has 0 radical (unpaired) electrons. The summed E-state index contributed by atoms with van der Waals surface area (Å²) in [4.78, 5) is 11.3. The van der Waals surface area contributed by atoms with Crippen molar-refractivity contribution in [1.82, 2.24) is 5.32 Å². The highest BCUT2D eigenvalue weighted by Gasteiger charge is 2.12. The lowest BCUT2D eigenvalue weighted by Crippen LogP contribution is -2.27. The van der Waals surface area contributed by atoms with Gasteiger partial charge in [-0.1, -0.05) is 60.7 Å². The summed E-state index contributed by atoms with van der Waals surface area (Å²) in [6.45, 7) is 1.56. The van der Waals surface area contributed by atoms with Gasteiger partial charge < -0.3 is 5.32 Å². The SMILES string of the molecule is CC(=O)N[C@H](Cc1ccccc1)c1ccccc1. The number of carbonyl (C=O) groups excluding carboxylic acids is 1. The lowest BCUT2D eigenvalue weighted by atomic mass is 9.99. The van der Waals surface area contributed by atoms with Crippen LogP contribution < -0.4 is 5.32 Å². The van der Waals surface area contributed by atoms with E-state index in [1.165, 1.54) is 5.56 Å². The number of rotatable bonds is 4. The van der Waals surface area contributed by atoms with Crippen LogP contribution in [-0.4, -0.2) is 5.91 Å². The molecule has 0 unspecified atom stereocenters. The van der Waals surface area contributed by atoms with E-state index in [1.807, 2.05) is 48.5 Å². The lowest BCUT2D eigenvalue weighted by molar-refractivity contribution is -0.119. The largest absolute Gasteiger partial charge is 0.349 e. The van der Waals surface area contributed by atoms with Crippen LogP contribution in [-0.2, 0) is 11.2 Å². The maximum Gasteiger partial charge on any atom is 0.217 e. The van der Waals surface area contributed by atoms with Gasteiger partial charge in [-0.15, -0.1) is 0 Å². The first-order valence-electron chi connectivity index (χ1n) is 6.11. The molecule has 92 valence electrons. The number of nitrogens with one attached hydrogen (secondary N) is 1. The molecule has 0 saturated heterocycles. The zero-order valence-corrected chi connectivity index (χ0v) is 10.5. The molecule has 2 rings (SSSR count). The van der Waals surface area contributed by atoms with Crippen molar-refractivity contribution in [2.24, 2.45) is 0 Å². The summed E-state index contributed by atoms with van der Waals surface area (Å²) in [5.41, 5.74) is 2.36.